The third-order valence-corrected chi connectivity index (χ3v) is 5.38. The molecule has 1 amide bonds. The number of hydrogen-bond acceptors (Lipinski definition) is 7. The van der Waals surface area contributed by atoms with E-state index in [1.54, 1.807) is 13.0 Å². The number of hydrogen-bond donors (Lipinski definition) is 5. The number of piperidine rings is 1. The summed E-state index contributed by atoms with van der Waals surface area (Å²) in [6, 6.07) is 2.73. The molecule has 1 saturated heterocycles. The van der Waals surface area contributed by atoms with Gasteiger partial charge >= 0.3 is 12.3 Å². The number of alkyl carbamates (subject to hydrolysis) is 1. The minimum Gasteiger partial charge on any atom is -0.507 e. The Kier molecular flexibility index (Phi) is 9.31. The molecule has 1 heterocycles. The number of carbonyl (C=O) groups is 1. The van der Waals surface area contributed by atoms with Gasteiger partial charge in [0.15, 0.2) is 0 Å². The monoisotopic (exact) mass is 499 g/mol. The fourth-order valence-corrected chi connectivity index (χ4v) is 3.74. The van der Waals surface area contributed by atoms with Crippen molar-refractivity contribution in [1.29, 1.82) is 0 Å². The number of amides is 1. The third-order valence-electron chi connectivity index (χ3n) is 5.38. The molecule has 2 rings (SSSR count). The molecule has 1 aliphatic heterocycles. The lowest BCUT2D eigenvalue weighted by Gasteiger charge is -2.33. The Bertz CT molecular complexity index is 955. The van der Waals surface area contributed by atoms with Crippen molar-refractivity contribution in [2.45, 2.75) is 58.4 Å². The Morgan fingerprint density at radius 1 is 1.29 bits per heavy atom. The Balaban J connectivity index is 1.94. The lowest BCUT2D eigenvalue weighted by atomic mass is 10.0. The van der Waals surface area contributed by atoms with E-state index < -0.39 is 29.2 Å². The molecule has 0 bridgehead atoms. The van der Waals surface area contributed by atoms with Crippen LogP contribution in [0.1, 0.15) is 51.7 Å². The number of alkyl halides is 3. The molecule has 196 valence electrons. The van der Waals surface area contributed by atoms with Gasteiger partial charge in [0.05, 0.1) is 11.4 Å². The molecule has 1 aromatic carbocycles. The fraction of sp³-hybridized carbons (Fsp3) is 0.542. The lowest BCUT2D eigenvalue weighted by Crippen LogP contribution is -2.48. The summed E-state index contributed by atoms with van der Waals surface area (Å²) in [5.74, 6) is -0.199. The van der Waals surface area contributed by atoms with Gasteiger partial charge in [0, 0.05) is 36.9 Å². The van der Waals surface area contributed by atoms with Crippen LogP contribution in [0.2, 0.25) is 0 Å². The van der Waals surface area contributed by atoms with Crippen LogP contribution in [0.4, 0.5) is 18.0 Å². The Labute approximate surface area is 204 Å². The van der Waals surface area contributed by atoms with E-state index in [2.05, 4.69) is 15.5 Å². The summed E-state index contributed by atoms with van der Waals surface area (Å²) in [6.07, 6.45) is -1.56. The molecule has 8 nitrogen and oxygen atoms in total. The number of allylic oxidation sites excluding steroid dienone is 2. The zero-order valence-corrected chi connectivity index (χ0v) is 20.6. The predicted octanol–water partition coefficient (Wildman–Crippen LogP) is 3.48. The van der Waals surface area contributed by atoms with Crippen LogP contribution in [0.15, 0.2) is 35.7 Å². The summed E-state index contributed by atoms with van der Waals surface area (Å²) in [5.41, 5.74) is 11.4. The molecule has 1 aromatic rings. The maximum atomic E-state index is 12.8. The molecule has 0 radical (unpaired) electrons. The average Bonchev–Trinajstić information content (AvgIpc) is 2.71. The van der Waals surface area contributed by atoms with Crippen molar-refractivity contribution in [3.8, 4) is 5.75 Å². The Morgan fingerprint density at radius 2 is 1.97 bits per heavy atom. The Morgan fingerprint density at radius 3 is 2.57 bits per heavy atom. The minimum absolute atomic E-state index is 0.0787. The van der Waals surface area contributed by atoms with Gasteiger partial charge < -0.3 is 31.9 Å². The zero-order chi connectivity index (χ0) is 26.4. The molecule has 11 heteroatoms. The highest BCUT2D eigenvalue weighted by molar-refractivity contribution is 5.72. The molecule has 0 aliphatic carbocycles. The first-order valence-corrected chi connectivity index (χ1v) is 11.5. The smallest absolute Gasteiger partial charge is 0.416 e. The largest absolute Gasteiger partial charge is 0.507 e. The van der Waals surface area contributed by atoms with Gasteiger partial charge in [0.25, 0.3) is 0 Å². The van der Waals surface area contributed by atoms with Crippen LogP contribution >= 0.6 is 0 Å². The normalized spacial score (nSPS) is 18.6. The number of likely N-dealkylation sites (tertiary alicyclic amines) is 1. The maximum absolute atomic E-state index is 12.8. The van der Waals surface area contributed by atoms with Crippen LogP contribution in [0, 0.1) is 0 Å². The first-order valence-electron chi connectivity index (χ1n) is 11.5. The van der Waals surface area contributed by atoms with Crippen molar-refractivity contribution in [1.82, 2.24) is 15.5 Å². The van der Waals surface area contributed by atoms with Crippen molar-refractivity contribution >= 4 is 11.8 Å². The highest BCUT2D eigenvalue weighted by Crippen LogP contribution is 2.34. The van der Waals surface area contributed by atoms with E-state index in [-0.39, 0.29) is 17.3 Å². The fourth-order valence-electron chi connectivity index (χ4n) is 3.74. The first kappa shape index (κ1) is 28.2. The number of carbonyl (C=O) groups excluding carboxylic acids is 1. The van der Waals surface area contributed by atoms with Gasteiger partial charge in [-0.05, 0) is 76.9 Å². The molecule has 35 heavy (non-hydrogen) atoms. The van der Waals surface area contributed by atoms with Gasteiger partial charge in [-0.1, -0.05) is 0 Å². The van der Waals surface area contributed by atoms with E-state index in [9.17, 15) is 23.1 Å². The summed E-state index contributed by atoms with van der Waals surface area (Å²) in [7, 11) is 0. The second kappa shape index (κ2) is 11.6. The van der Waals surface area contributed by atoms with Crippen LogP contribution in [0.3, 0.4) is 0 Å². The van der Waals surface area contributed by atoms with Crippen LogP contribution in [0.5, 0.6) is 5.75 Å². The van der Waals surface area contributed by atoms with Gasteiger partial charge in [-0.15, -0.1) is 0 Å². The van der Waals surface area contributed by atoms with E-state index >= 15 is 0 Å². The quantitative estimate of drug-likeness (QED) is 0.364. The number of phenolic OH excluding ortho intramolecular Hbond substituents is 1. The number of halogens is 3. The molecule has 0 aromatic heterocycles. The molecule has 7 N–H and O–H groups in total. The number of benzene rings is 1. The molecular formula is C24H36F3N5O3. The molecule has 1 atom stereocenters. The second-order valence-electron chi connectivity index (χ2n) is 9.64. The average molecular weight is 500 g/mol. The molecule has 0 saturated carbocycles. The van der Waals surface area contributed by atoms with Crippen molar-refractivity contribution < 1.29 is 27.8 Å². The number of aromatic hydroxyl groups is 1. The van der Waals surface area contributed by atoms with E-state index in [0.717, 1.165) is 38.1 Å². The van der Waals surface area contributed by atoms with Crippen LogP contribution < -0.4 is 22.1 Å². The van der Waals surface area contributed by atoms with Crippen LogP contribution in [-0.2, 0) is 10.9 Å². The highest BCUT2D eigenvalue weighted by Gasteiger charge is 2.31. The second-order valence-corrected chi connectivity index (χ2v) is 9.64. The number of nitrogens with two attached hydrogens (primary N) is 2. The molecule has 0 spiro atoms. The van der Waals surface area contributed by atoms with E-state index in [0.29, 0.717) is 30.5 Å². The van der Waals surface area contributed by atoms with Crippen molar-refractivity contribution in [3.63, 3.8) is 0 Å². The van der Waals surface area contributed by atoms with Gasteiger partial charge in [0.1, 0.15) is 11.4 Å². The predicted molar refractivity (Wildman–Crippen MR) is 129 cm³/mol. The number of nitrogens with zero attached hydrogens (tertiary/aromatic N) is 1. The number of ether oxygens (including phenoxy) is 1. The third kappa shape index (κ3) is 9.23. The summed E-state index contributed by atoms with van der Waals surface area (Å²) in [4.78, 5) is 14.0. The summed E-state index contributed by atoms with van der Waals surface area (Å²) < 4.78 is 43.7. The topological polar surface area (TPSA) is 126 Å². The molecule has 1 fully saturated rings. The van der Waals surface area contributed by atoms with Crippen molar-refractivity contribution in [3.05, 3.63) is 46.8 Å². The van der Waals surface area contributed by atoms with Crippen LogP contribution in [0.25, 0.3) is 5.70 Å². The van der Waals surface area contributed by atoms with Crippen molar-refractivity contribution in [2.75, 3.05) is 26.2 Å². The molecular weight excluding hydrogens is 463 g/mol. The molecule has 1 unspecified atom stereocenters. The summed E-state index contributed by atoms with van der Waals surface area (Å²) >= 11 is 0. The summed E-state index contributed by atoms with van der Waals surface area (Å²) in [5, 5.41) is 16.0. The van der Waals surface area contributed by atoms with Gasteiger partial charge in [0.2, 0.25) is 0 Å². The van der Waals surface area contributed by atoms with E-state index in [4.69, 9.17) is 16.2 Å². The maximum Gasteiger partial charge on any atom is 0.416 e. The number of nitrogens with one attached hydrogen (secondary N) is 2. The van der Waals surface area contributed by atoms with Crippen LogP contribution in [-0.4, -0.2) is 53.9 Å². The zero-order valence-electron chi connectivity index (χ0n) is 20.6. The lowest BCUT2D eigenvalue weighted by molar-refractivity contribution is -0.137. The SMILES string of the molecule is CC(/C=C(\N)NC1CCCN(CCNC(=O)OC(C)(C)C)C1)=C(/N)c1ccc(C(F)(F)F)cc1O. The number of phenols is 1. The van der Waals surface area contributed by atoms with Gasteiger partial charge in [-0.3, -0.25) is 4.90 Å². The summed E-state index contributed by atoms with van der Waals surface area (Å²) in [6.45, 7) is 9.84. The number of rotatable bonds is 7. The van der Waals surface area contributed by atoms with E-state index in [1.807, 2.05) is 20.8 Å². The first-order chi connectivity index (χ1) is 16.2. The minimum atomic E-state index is -4.56. The highest BCUT2D eigenvalue weighted by atomic mass is 19.4. The standard InChI is InChI=1S/C24H36F3N5O3/c1-15(21(29)18-8-7-16(13-19(18)33)24(25,26)27)12-20(28)31-17-6-5-10-32(14-17)11-9-30-22(34)35-23(2,3)4/h7-8,12-13,17,31,33H,5-6,9-11,14,28-29H2,1-4H3,(H,30,34)/b20-12+,21-15-. The van der Waals surface area contributed by atoms with E-state index in [1.165, 1.54) is 0 Å². The molecule has 1 aliphatic rings. The van der Waals surface area contributed by atoms with Gasteiger partial charge in [-0.25, -0.2) is 4.79 Å². The Hall–Kier alpha value is -3.08. The van der Waals surface area contributed by atoms with Crippen molar-refractivity contribution in [2.24, 2.45) is 11.5 Å². The van der Waals surface area contributed by atoms with Gasteiger partial charge in [-0.2, -0.15) is 13.2 Å².